The fourth-order valence-electron chi connectivity index (χ4n) is 3.07. The second-order valence-corrected chi connectivity index (χ2v) is 6.65. The van der Waals surface area contributed by atoms with Gasteiger partial charge in [0.1, 0.15) is 0 Å². The zero-order chi connectivity index (χ0) is 21.1. The Hall–Kier alpha value is -4.44. The van der Waals surface area contributed by atoms with Crippen molar-refractivity contribution >= 4 is 28.7 Å². The molecule has 2 N–H and O–H groups in total. The average Bonchev–Trinajstić information content (AvgIpc) is 3.16. The highest BCUT2D eigenvalue weighted by atomic mass is 16.2. The van der Waals surface area contributed by atoms with Crippen LogP contribution in [0.15, 0.2) is 72.9 Å². The van der Waals surface area contributed by atoms with Crippen molar-refractivity contribution in [3.63, 3.8) is 0 Å². The van der Waals surface area contributed by atoms with Gasteiger partial charge in [-0.15, -0.1) is 0 Å². The molecule has 0 unspecified atom stereocenters. The second kappa shape index (κ2) is 7.89. The zero-order valence-corrected chi connectivity index (χ0v) is 16.1. The highest BCUT2D eigenvalue weighted by Crippen LogP contribution is 2.19. The number of nitrogens with zero attached hydrogens (tertiary/aromatic N) is 3. The molecule has 0 aliphatic heterocycles. The lowest BCUT2D eigenvalue weighted by Crippen LogP contribution is -2.16. The van der Waals surface area contributed by atoms with Crippen LogP contribution in [0.25, 0.3) is 5.52 Å². The highest BCUT2D eigenvalue weighted by molar-refractivity contribution is 6.10. The van der Waals surface area contributed by atoms with Crippen LogP contribution in [0.1, 0.15) is 32.2 Å². The summed E-state index contributed by atoms with van der Waals surface area (Å²) in [4.78, 5) is 30.1. The number of hydrogen-bond acceptors (Lipinski definition) is 4. The van der Waals surface area contributed by atoms with Gasteiger partial charge in [-0.2, -0.15) is 5.26 Å². The Labute approximate surface area is 172 Å². The lowest BCUT2D eigenvalue weighted by atomic mass is 10.2. The van der Waals surface area contributed by atoms with Crippen LogP contribution < -0.4 is 10.6 Å². The number of imidazole rings is 1. The number of anilines is 2. The van der Waals surface area contributed by atoms with Gasteiger partial charge < -0.3 is 10.6 Å². The summed E-state index contributed by atoms with van der Waals surface area (Å²) >= 11 is 0. The first kappa shape index (κ1) is 18.9. The first-order valence-electron chi connectivity index (χ1n) is 9.22. The van der Waals surface area contributed by atoms with Crippen molar-refractivity contribution in [1.29, 1.82) is 5.26 Å². The third kappa shape index (κ3) is 3.62. The lowest BCUT2D eigenvalue weighted by Gasteiger charge is -2.06. The molecule has 2 aromatic carbocycles. The monoisotopic (exact) mass is 395 g/mol. The number of rotatable bonds is 4. The largest absolute Gasteiger partial charge is 0.320 e. The van der Waals surface area contributed by atoms with Crippen LogP contribution in [0.2, 0.25) is 0 Å². The van der Waals surface area contributed by atoms with Crippen molar-refractivity contribution < 1.29 is 9.59 Å². The second-order valence-electron chi connectivity index (χ2n) is 6.65. The molecule has 0 atom stereocenters. The van der Waals surface area contributed by atoms with E-state index in [1.807, 2.05) is 37.3 Å². The lowest BCUT2D eigenvalue weighted by molar-refractivity contribution is 0.101. The predicted octanol–water partition coefficient (Wildman–Crippen LogP) is 4.02. The molecule has 0 saturated carbocycles. The number of hydrogen-bond donors (Lipinski definition) is 2. The summed E-state index contributed by atoms with van der Waals surface area (Å²) in [6, 6.07) is 21.2. The van der Waals surface area contributed by atoms with Gasteiger partial charge in [-0.25, -0.2) is 4.98 Å². The van der Waals surface area contributed by atoms with E-state index in [2.05, 4.69) is 15.6 Å². The van der Waals surface area contributed by atoms with E-state index < -0.39 is 11.8 Å². The Morgan fingerprint density at radius 2 is 1.67 bits per heavy atom. The topological polar surface area (TPSA) is 99.3 Å². The first-order chi connectivity index (χ1) is 14.6. The van der Waals surface area contributed by atoms with Crippen molar-refractivity contribution in [2.75, 3.05) is 10.6 Å². The summed E-state index contributed by atoms with van der Waals surface area (Å²) in [7, 11) is 0. The molecule has 30 heavy (non-hydrogen) atoms. The number of nitrogens with one attached hydrogen (secondary N) is 2. The molecule has 0 spiro atoms. The summed E-state index contributed by atoms with van der Waals surface area (Å²) < 4.78 is 1.58. The number of aryl methyl sites for hydroxylation is 1. The van der Waals surface area contributed by atoms with Crippen LogP contribution in [-0.4, -0.2) is 21.2 Å². The molecule has 146 valence electrons. The summed E-state index contributed by atoms with van der Waals surface area (Å²) in [5.74, 6) is -0.772. The molecule has 7 heteroatoms. The molecule has 0 saturated heterocycles. The summed E-state index contributed by atoms with van der Waals surface area (Å²) in [5, 5.41) is 14.5. The maximum atomic E-state index is 12.9. The Bertz CT molecular complexity index is 1300. The molecule has 0 bridgehead atoms. The van der Waals surface area contributed by atoms with Crippen molar-refractivity contribution in [3.05, 3.63) is 95.6 Å². The minimum absolute atomic E-state index is 0.0879. The normalized spacial score (nSPS) is 10.4. The van der Waals surface area contributed by atoms with Crippen LogP contribution in [0, 0.1) is 18.3 Å². The van der Waals surface area contributed by atoms with E-state index in [-0.39, 0.29) is 11.5 Å². The van der Waals surface area contributed by atoms with Crippen molar-refractivity contribution in [1.82, 2.24) is 9.38 Å². The Morgan fingerprint density at radius 1 is 0.933 bits per heavy atom. The van der Waals surface area contributed by atoms with E-state index in [1.54, 1.807) is 53.1 Å². The van der Waals surface area contributed by atoms with E-state index in [0.717, 1.165) is 5.56 Å². The molecular weight excluding hydrogens is 378 g/mol. The van der Waals surface area contributed by atoms with Gasteiger partial charge in [0.05, 0.1) is 17.1 Å². The van der Waals surface area contributed by atoms with Crippen LogP contribution in [0.4, 0.5) is 11.4 Å². The Kier molecular flexibility index (Phi) is 4.97. The summed E-state index contributed by atoms with van der Waals surface area (Å²) in [5.41, 5.74) is 3.31. The number of amides is 2. The molecule has 0 aliphatic rings. The molecule has 4 aromatic rings. The molecule has 4 rings (SSSR count). The van der Waals surface area contributed by atoms with Gasteiger partial charge in [0.15, 0.2) is 5.69 Å². The van der Waals surface area contributed by atoms with Gasteiger partial charge in [-0.05, 0) is 55.0 Å². The van der Waals surface area contributed by atoms with Gasteiger partial charge in [0, 0.05) is 17.6 Å². The molecule has 2 amide bonds. The first-order valence-corrected chi connectivity index (χ1v) is 9.22. The number of carbonyl (C=O) groups is 2. The minimum atomic E-state index is -0.462. The fraction of sp³-hybridized carbons (Fsp3) is 0.0435. The fourth-order valence-corrected chi connectivity index (χ4v) is 3.07. The number of carbonyl (C=O) groups excluding carboxylic acids is 2. The van der Waals surface area contributed by atoms with Gasteiger partial charge in [-0.1, -0.05) is 24.3 Å². The van der Waals surface area contributed by atoms with Gasteiger partial charge in [0.2, 0.25) is 5.82 Å². The third-order valence-corrected chi connectivity index (χ3v) is 4.63. The van der Waals surface area contributed by atoms with E-state index in [4.69, 9.17) is 5.26 Å². The van der Waals surface area contributed by atoms with Gasteiger partial charge in [0.25, 0.3) is 11.8 Å². The van der Waals surface area contributed by atoms with Crippen molar-refractivity contribution in [3.8, 4) is 6.07 Å². The SMILES string of the molecule is Cc1ccccc1NC(=O)c1nc(C(=O)Nc2ccc(C#N)cc2)n2ccccc12. The van der Waals surface area contributed by atoms with Crippen LogP contribution in [0.5, 0.6) is 0 Å². The number of benzene rings is 2. The number of fused-ring (bicyclic) bond motifs is 1. The van der Waals surface area contributed by atoms with Gasteiger partial charge >= 0.3 is 0 Å². The van der Waals surface area contributed by atoms with Crippen LogP contribution >= 0.6 is 0 Å². The van der Waals surface area contributed by atoms with Crippen LogP contribution in [0.3, 0.4) is 0 Å². The number of para-hydroxylation sites is 1. The van der Waals surface area contributed by atoms with E-state index in [9.17, 15) is 9.59 Å². The highest BCUT2D eigenvalue weighted by Gasteiger charge is 2.22. The number of aromatic nitrogens is 2. The van der Waals surface area contributed by atoms with Gasteiger partial charge in [-0.3, -0.25) is 14.0 Å². The summed E-state index contributed by atoms with van der Waals surface area (Å²) in [6.07, 6.45) is 1.68. The number of nitriles is 1. The van der Waals surface area contributed by atoms with E-state index in [0.29, 0.717) is 22.5 Å². The Morgan fingerprint density at radius 3 is 2.40 bits per heavy atom. The maximum absolute atomic E-state index is 12.9. The third-order valence-electron chi connectivity index (χ3n) is 4.63. The molecular formula is C23H17N5O2. The minimum Gasteiger partial charge on any atom is -0.320 e. The van der Waals surface area contributed by atoms with E-state index in [1.165, 1.54) is 0 Å². The smallest absolute Gasteiger partial charge is 0.292 e. The molecule has 2 heterocycles. The van der Waals surface area contributed by atoms with Crippen LogP contribution in [-0.2, 0) is 0 Å². The Balaban J connectivity index is 1.66. The molecule has 7 nitrogen and oxygen atoms in total. The average molecular weight is 395 g/mol. The molecule has 0 aliphatic carbocycles. The molecule has 0 radical (unpaired) electrons. The van der Waals surface area contributed by atoms with Crippen molar-refractivity contribution in [2.45, 2.75) is 6.92 Å². The summed E-state index contributed by atoms with van der Waals surface area (Å²) in [6.45, 7) is 1.90. The quantitative estimate of drug-likeness (QED) is 0.545. The standard InChI is InChI=1S/C23H17N5O2/c1-15-6-2-3-7-18(15)26-22(29)20-19-8-4-5-13-28(19)21(27-20)23(30)25-17-11-9-16(14-24)10-12-17/h2-13H,1H3,(H,25,30)(H,26,29). The molecule has 0 fully saturated rings. The van der Waals surface area contributed by atoms with E-state index >= 15 is 0 Å². The maximum Gasteiger partial charge on any atom is 0.292 e. The predicted molar refractivity (Wildman–Crippen MR) is 113 cm³/mol. The molecule has 2 aromatic heterocycles. The number of pyridine rings is 1. The van der Waals surface area contributed by atoms with Crippen molar-refractivity contribution in [2.24, 2.45) is 0 Å². The zero-order valence-electron chi connectivity index (χ0n) is 16.1.